The number of rotatable bonds is 6. The molecule has 5 aromatic rings. The minimum Gasteiger partial charge on any atom is -0.459 e. The van der Waals surface area contributed by atoms with Crippen molar-refractivity contribution in [3.8, 4) is 16.8 Å². The molecule has 0 unspecified atom stereocenters. The highest BCUT2D eigenvalue weighted by molar-refractivity contribution is 7.13. The number of aromatic nitrogens is 1. The summed E-state index contributed by atoms with van der Waals surface area (Å²) in [6.45, 7) is 0. The summed E-state index contributed by atoms with van der Waals surface area (Å²) in [6.07, 6.45) is 5.31. The van der Waals surface area contributed by atoms with Gasteiger partial charge < -0.3 is 19.6 Å². The monoisotopic (exact) mass is 453 g/mol. The highest BCUT2D eigenvalue weighted by Crippen LogP contribution is 2.35. The summed E-state index contributed by atoms with van der Waals surface area (Å²) in [6, 6.07) is 24.1. The van der Waals surface area contributed by atoms with Gasteiger partial charge in [-0.1, -0.05) is 30.3 Å². The first-order valence-electron chi connectivity index (χ1n) is 10.3. The van der Waals surface area contributed by atoms with Crippen LogP contribution in [0.1, 0.15) is 20.2 Å². The van der Waals surface area contributed by atoms with E-state index in [4.69, 9.17) is 4.42 Å². The van der Waals surface area contributed by atoms with Gasteiger partial charge in [-0.3, -0.25) is 9.59 Å². The van der Waals surface area contributed by atoms with Gasteiger partial charge in [0.1, 0.15) is 4.88 Å². The minimum absolute atomic E-state index is 0.196. The second-order valence-electron chi connectivity index (χ2n) is 7.25. The molecule has 0 aliphatic rings. The summed E-state index contributed by atoms with van der Waals surface area (Å²) in [5.74, 6) is -0.296. The first kappa shape index (κ1) is 20.5. The Kier molecular flexibility index (Phi) is 5.61. The van der Waals surface area contributed by atoms with Crippen LogP contribution in [0.4, 0.5) is 11.4 Å². The van der Waals surface area contributed by atoms with Crippen molar-refractivity contribution >= 4 is 34.5 Å². The first-order valence-corrected chi connectivity index (χ1v) is 11.1. The van der Waals surface area contributed by atoms with E-state index in [0.717, 1.165) is 16.8 Å². The van der Waals surface area contributed by atoms with Crippen molar-refractivity contribution in [2.75, 3.05) is 10.6 Å². The molecule has 0 radical (unpaired) electrons. The molecule has 33 heavy (non-hydrogen) atoms. The Hall–Kier alpha value is -4.36. The number of thiophene rings is 1. The smallest absolute Gasteiger partial charge is 0.291 e. The van der Waals surface area contributed by atoms with Gasteiger partial charge in [0.05, 0.1) is 12.0 Å². The molecular weight excluding hydrogens is 434 g/mol. The largest absolute Gasteiger partial charge is 0.459 e. The standard InChI is InChI=1S/C26H19N3O3S/c30-25(22-9-6-16-32-22)27-19-10-12-20(13-11-19)28-26(31)24-23(29-14-4-5-15-29)21(17-33-24)18-7-2-1-3-8-18/h1-17H,(H,27,30)(H,28,31). The van der Waals surface area contributed by atoms with Crippen LogP contribution in [-0.2, 0) is 0 Å². The number of furan rings is 1. The molecule has 0 spiro atoms. The number of carbonyl (C=O) groups excluding carboxylic acids is 2. The van der Waals surface area contributed by atoms with E-state index >= 15 is 0 Å². The molecule has 2 amide bonds. The summed E-state index contributed by atoms with van der Waals surface area (Å²) in [4.78, 5) is 25.9. The van der Waals surface area contributed by atoms with Crippen LogP contribution in [0, 0.1) is 0 Å². The predicted molar refractivity (Wildman–Crippen MR) is 130 cm³/mol. The van der Waals surface area contributed by atoms with E-state index in [9.17, 15) is 9.59 Å². The Bertz CT molecular complexity index is 1370. The van der Waals surface area contributed by atoms with E-state index in [0.29, 0.717) is 16.3 Å². The minimum atomic E-state index is -0.333. The fourth-order valence-electron chi connectivity index (χ4n) is 3.50. The van der Waals surface area contributed by atoms with Gasteiger partial charge in [-0.25, -0.2) is 0 Å². The Labute approximate surface area is 194 Å². The number of hydrogen-bond donors (Lipinski definition) is 2. The van der Waals surface area contributed by atoms with Crippen LogP contribution in [0.25, 0.3) is 16.8 Å². The molecule has 0 saturated carbocycles. The van der Waals surface area contributed by atoms with Crippen LogP contribution in [-0.4, -0.2) is 16.4 Å². The Morgan fingerprint density at radius 1 is 0.758 bits per heavy atom. The quantitative estimate of drug-likeness (QED) is 0.317. The summed E-state index contributed by atoms with van der Waals surface area (Å²) in [5.41, 5.74) is 4.12. The van der Waals surface area contributed by atoms with Gasteiger partial charge in [0, 0.05) is 34.7 Å². The number of carbonyl (C=O) groups is 2. The second kappa shape index (κ2) is 9.02. The number of amides is 2. The Morgan fingerprint density at radius 2 is 1.42 bits per heavy atom. The SMILES string of the molecule is O=C(Nc1ccc(NC(=O)c2scc(-c3ccccc3)c2-n2cccc2)cc1)c1ccco1. The lowest BCUT2D eigenvalue weighted by Crippen LogP contribution is -2.13. The van der Waals surface area contributed by atoms with Crippen LogP contribution >= 0.6 is 11.3 Å². The van der Waals surface area contributed by atoms with Crippen LogP contribution in [0.3, 0.4) is 0 Å². The summed E-state index contributed by atoms with van der Waals surface area (Å²) >= 11 is 1.41. The third-order valence-corrected chi connectivity index (χ3v) is 6.03. The highest BCUT2D eigenvalue weighted by Gasteiger charge is 2.20. The summed E-state index contributed by atoms with van der Waals surface area (Å²) in [5, 5.41) is 7.73. The van der Waals surface area contributed by atoms with E-state index in [1.54, 1.807) is 36.4 Å². The Balaban J connectivity index is 1.37. The van der Waals surface area contributed by atoms with Crippen LogP contribution in [0.15, 0.2) is 107 Å². The van der Waals surface area contributed by atoms with Crippen molar-refractivity contribution in [3.05, 3.63) is 114 Å². The van der Waals surface area contributed by atoms with Gasteiger partial charge in [0.25, 0.3) is 11.8 Å². The molecule has 0 fully saturated rings. The third-order valence-electron chi connectivity index (χ3n) is 5.06. The zero-order chi connectivity index (χ0) is 22.6. The lowest BCUT2D eigenvalue weighted by Gasteiger charge is -2.11. The van der Waals surface area contributed by atoms with Gasteiger partial charge in [-0.2, -0.15) is 0 Å². The lowest BCUT2D eigenvalue weighted by molar-refractivity contribution is 0.0994. The molecule has 3 heterocycles. The second-order valence-corrected chi connectivity index (χ2v) is 8.13. The van der Waals surface area contributed by atoms with Gasteiger partial charge in [0.15, 0.2) is 5.76 Å². The molecule has 0 aliphatic carbocycles. The van der Waals surface area contributed by atoms with Crippen LogP contribution in [0.2, 0.25) is 0 Å². The maximum Gasteiger partial charge on any atom is 0.291 e. The lowest BCUT2D eigenvalue weighted by atomic mass is 10.1. The van der Waals surface area contributed by atoms with E-state index in [1.165, 1.54) is 17.6 Å². The molecular formula is C26H19N3O3S. The fourth-order valence-corrected chi connectivity index (χ4v) is 4.47. The van der Waals surface area contributed by atoms with Gasteiger partial charge in [-0.05, 0) is 54.1 Å². The van der Waals surface area contributed by atoms with Crippen molar-refractivity contribution in [2.24, 2.45) is 0 Å². The number of nitrogens with zero attached hydrogens (tertiary/aromatic N) is 1. The molecule has 0 bridgehead atoms. The van der Waals surface area contributed by atoms with E-state index in [2.05, 4.69) is 10.6 Å². The predicted octanol–water partition coefficient (Wildman–Crippen LogP) is 6.30. The fraction of sp³-hybridized carbons (Fsp3) is 0. The number of nitrogens with one attached hydrogen (secondary N) is 2. The van der Waals surface area contributed by atoms with E-state index < -0.39 is 0 Å². The topological polar surface area (TPSA) is 76.3 Å². The normalized spacial score (nSPS) is 10.7. The molecule has 5 rings (SSSR count). The zero-order valence-corrected chi connectivity index (χ0v) is 18.2. The average Bonchev–Trinajstić information content (AvgIpc) is 3.62. The number of anilines is 2. The Morgan fingerprint density at radius 3 is 2.06 bits per heavy atom. The maximum atomic E-state index is 13.2. The van der Waals surface area contributed by atoms with Crippen LogP contribution < -0.4 is 10.6 Å². The summed E-state index contributed by atoms with van der Waals surface area (Å²) < 4.78 is 7.06. The van der Waals surface area contributed by atoms with Crippen molar-refractivity contribution in [2.45, 2.75) is 0 Å². The number of benzene rings is 2. The molecule has 7 heteroatoms. The highest BCUT2D eigenvalue weighted by atomic mass is 32.1. The molecule has 2 aromatic carbocycles. The van der Waals surface area contributed by atoms with Gasteiger partial charge in [-0.15, -0.1) is 11.3 Å². The molecule has 162 valence electrons. The van der Waals surface area contributed by atoms with Gasteiger partial charge >= 0.3 is 0 Å². The molecule has 2 N–H and O–H groups in total. The first-order chi connectivity index (χ1) is 16.2. The van der Waals surface area contributed by atoms with Crippen LogP contribution in [0.5, 0.6) is 0 Å². The number of hydrogen-bond acceptors (Lipinski definition) is 4. The zero-order valence-electron chi connectivity index (χ0n) is 17.4. The van der Waals surface area contributed by atoms with Crippen molar-refractivity contribution in [1.82, 2.24) is 4.57 Å². The molecule has 0 aliphatic heterocycles. The molecule has 0 atom stereocenters. The van der Waals surface area contributed by atoms with Crippen molar-refractivity contribution in [1.29, 1.82) is 0 Å². The van der Waals surface area contributed by atoms with Crippen molar-refractivity contribution < 1.29 is 14.0 Å². The third kappa shape index (κ3) is 4.35. The molecule has 6 nitrogen and oxygen atoms in total. The van der Waals surface area contributed by atoms with E-state index in [1.807, 2.05) is 64.8 Å². The molecule has 3 aromatic heterocycles. The summed E-state index contributed by atoms with van der Waals surface area (Å²) in [7, 11) is 0. The maximum absolute atomic E-state index is 13.2. The van der Waals surface area contributed by atoms with Crippen molar-refractivity contribution in [3.63, 3.8) is 0 Å². The molecule has 0 saturated heterocycles. The van der Waals surface area contributed by atoms with E-state index in [-0.39, 0.29) is 17.6 Å². The average molecular weight is 454 g/mol. The van der Waals surface area contributed by atoms with Gasteiger partial charge in [0.2, 0.25) is 0 Å².